The number of carbonyl (C=O) groups excluding carboxylic acids is 1. The molecule has 1 rings (SSSR count). The summed E-state index contributed by atoms with van der Waals surface area (Å²) < 4.78 is 37.4. The normalized spacial score (nSPS) is 11.8. The SMILES string of the molecule is O=C(/C=C/c1ccccc1C(F)(F)F)NO. The number of hydroxylamine groups is 1. The molecule has 0 fully saturated rings. The van der Waals surface area contributed by atoms with Crippen LogP contribution in [0.15, 0.2) is 30.3 Å². The Morgan fingerprint density at radius 1 is 1.31 bits per heavy atom. The lowest BCUT2D eigenvalue weighted by molar-refractivity contribution is -0.137. The monoisotopic (exact) mass is 231 g/mol. The van der Waals surface area contributed by atoms with Gasteiger partial charge >= 0.3 is 6.18 Å². The molecule has 6 heteroatoms. The topological polar surface area (TPSA) is 49.3 Å². The van der Waals surface area contributed by atoms with Crippen LogP contribution in [0.5, 0.6) is 0 Å². The molecule has 0 spiro atoms. The van der Waals surface area contributed by atoms with Crippen LogP contribution in [0.4, 0.5) is 13.2 Å². The van der Waals surface area contributed by atoms with Crippen molar-refractivity contribution in [2.45, 2.75) is 6.18 Å². The zero-order valence-corrected chi connectivity index (χ0v) is 7.95. The molecule has 0 unspecified atom stereocenters. The summed E-state index contributed by atoms with van der Waals surface area (Å²) in [7, 11) is 0. The summed E-state index contributed by atoms with van der Waals surface area (Å²) in [4.78, 5) is 10.6. The van der Waals surface area contributed by atoms with E-state index in [2.05, 4.69) is 0 Å². The molecule has 0 aliphatic heterocycles. The van der Waals surface area contributed by atoms with Crippen molar-refractivity contribution in [3.05, 3.63) is 41.5 Å². The van der Waals surface area contributed by atoms with Crippen LogP contribution < -0.4 is 5.48 Å². The van der Waals surface area contributed by atoms with E-state index in [1.54, 1.807) is 0 Å². The number of benzene rings is 1. The minimum Gasteiger partial charge on any atom is -0.288 e. The Balaban J connectivity index is 3.05. The predicted octanol–water partition coefficient (Wildman–Crippen LogP) is 2.22. The van der Waals surface area contributed by atoms with Crippen molar-refractivity contribution >= 4 is 12.0 Å². The molecular weight excluding hydrogens is 223 g/mol. The zero-order valence-electron chi connectivity index (χ0n) is 7.95. The summed E-state index contributed by atoms with van der Waals surface area (Å²) in [5.74, 6) is -0.892. The first kappa shape index (κ1) is 12.3. The predicted molar refractivity (Wildman–Crippen MR) is 50.4 cm³/mol. The van der Waals surface area contributed by atoms with Gasteiger partial charge in [0.15, 0.2) is 0 Å². The quantitative estimate of drug-likeness (QED) is 0.466. The maximum absolute atomic E-state index is 12.5. The number of hydrogen-bond acceptors (Lipinski definition) is 2. The fourth-order valence-corrected chi connectivity index (χ4v) is 1.10. The Kier molecular flexibility index (Phi) is 3.68. The van der Waals surface area contributed by atoms with E-state index in [4.69, 9.17) is 5.21 Å². The third kappa shape index (κ3) is 3.09. The molecule has 16 heavy (non-hydrogen) atoms. The molecule has 0 heterocycles. The first-order valence-corrected chi connectivity index (χ1v) is 4.23. The molecule has 0 aromatic heterocycles. The molecular formula is C10H8F3NO2. The van der Waals surface area contributed by atoms with Gasteiger partial charge in [-0.3, -0.25) is 10.0 Å². The van der Waals surface area contributed by atoms with Crippen LogP contribution in [0, 0.1) is 0 Å². The van der Waals surface area contributed by atoms with Crippen LogP contribution in [0.3, 0.4) is 0 Å². The van der Waals surface area contributed by atoms with Crippen LogP contribution in [-0.2, 0) is 11.0 Å². The van der Waals surface area contributed by atoms with Crippen LogP contribution in [0.1, 0.15) is 11.1 Å². The van der Waals surface area contributed by atoms with E-state index in [-0.39, 0.29) is 5.56 Å². The largest absolute Gasteiger partial charge is 0.416 e. The van der Waals surface area contributed by atoms with Crippen molar-refractivity contribution in [2.24, 2.45) is 0 Å². The van der Waals surface area contributed by atoms with E-state index in [0.29, 0.717) is 0 Å². The first-order valence-electron chi connectivity index (χ1n) is 4.23. The highest BCUT2D eigenvalue weighted by atomic mass is 19.4. The average Bonchev–Trinajstić information content (AvgIpc) is 2.25. The number of amides is 1. The van der Waals surface area contributed by atoms with Gasteiger partial charge in [0.2, 0.25) is 0 Å². The second-order valence-electron chi connectivity index (χ2n) is 2.89. The molecule has 0 atom stereocenters. The standard InChI is InChI=1S/C10H8F3NO2/c11-10(12,13)8-4-2-1-3-7(8)5-6-9(15)14-16/h1-6,16H,(H,14,15)/b6-5+. The molecule has 2 N–H and O–H groups in total. The Morgan fingerprint density at radius 3 is 2.50 bits per heavy atom. The maximum Gasteiger partial charge on any atom is 0.416 e. The lowest BCUT2D eigenvalue weighted by Crippen LogP contribution is -2.15. The van der Waals surface area contributed by atoms with Crippen molar-refractivity contribution < 1.29 is 23.2 Å². The van der Waals surface area contributed by atoms with Crippen molar-refractivity contribution in [3.8, 4) is 0 Å². The molecule has 0 radical (unpaired) electrons. The van der Waals surface area contributed by atoms with Crippen LogP contribution >= 0.6 is 0 Å². The fraction of sp³-hybridized carbons (Fsp3) is 0.100. The molecule has 1 aromatic rings. The summed E-state index contributed by atoms with van der Waals surface area (Å²) >= 11 is 0. The number of halogens is 3. The van der Waals surface area contributed by atoms with Crippen molar-refractivity contribution in [2.75, 3.05) is 0 Å². The smallest absolute Gasteiger partial charge is 0.288 e. The van der Waals surface area contributed by atoms with E-state index in [1.165, 1.54) is 23.7 Å². The van der Waals surface area contributed by atoms with E-state index in [9.17, 15) is 18.0 Å². The van der Waals surface area contributed by atoms with Crippen LogP contribution in [0.2, 0.25) is 0 Å². The number of alkyl halides is 3. The third-order valence-corrected chi connectivity index (χ3v) is 1.79. The number of nitrogens with one attached hydrogen (secondary N) is 1. The first-order chi connectivity index (χ1) is 7.45. The van der Waals surface area contributed by atoms with Gasteiger partial charge in [-0.25, -0.2) is 5.48 Å². The zero-order chi connectivity index (χ0) is 12.2. The van der Waals surface area contributed by atoms with Crippen LogP contribution in [-0.4, -0.2) is 11.1 Å². The molecule has 3 nitrogen and oxygen atoms in total. The van der Waals surface area contributed by atoms with E-state index >= 15 is 0 Å². The molecule has 0 saturated heterocycles. The average molecular weight is 231 g/mol. The maximum atomic E-state index is 12.5. The highest BCUT2D eigenvalue weighted by molar-refractivity contribution is 5.91. The lowest BCUT2D eigenvalue weighted by Gasteiger charge is -2.09. The van der Waals surface area contributed by atoms with E-state index in [0.717, 1.165) is 18.2 Å². The Labute approximate surface area is 89.2 Å². The van der Waals surface area contributed by atoms with Gasteiger partial charge < -0.3 is 0 Å². The Bertz CT molecular complexity index is 413. The second-order valence-corrected chi connectivity index (χ2v) is 2.89. The highest BCUT2D eigenvalue weighted by Crippen LogP contribution is 2.32. The lowest BCUT2D eigenvalue weighted by atomic mass is 10.1. The molecule has 86 valence electrons. The van der Waals surface area contributed by atoms with E-state index < -0.39 is 17.6 Å². The molecule has 0 aliphatic carbocycles. The summed E-state index contributed by atoms with van der Waals surface area (Å²) in [6, 6.07) is 4.82. The van der Waals surface area contributed by atoms with Gasteiger partial charge in [-0.15, -0.1) is 0 Å². The van der Waals surface area contributed by atoms with Gasteiger partial charge in [0.25, 0.3) is 5.91 Å². The minimum atomic E-state index is -4.48. The highest BCUT2D eigenvalue weighted by Gasteiger charge is 2.32. The summed E-state index contributed by atoms with van der Waals surface area (Å²) in [5.41, 5.74) is 0.310. The van der Waals surface area contributed by atoms with Crippen molar-refractivity contribution in [3.63, 3.8) is 0 Å². The van der Waals surface area contributed by atoms with Gasteiger partial charge in [0, 0.05) is 6.08 Å². The molecule has 0 saturated carbocycles. The van der Waals surface area contributed by atoms with Gasteiger partial charge in [-0.05, 0) is 17.7 Å². The van der Waals surface area contributed by atoms with Crippen molar-refractivity contribution in [1.29, 1.82) is 0 Å². The Hall–Kier alpha value is -1.82. The Morgan fingerprint density at radius 2 is 1.94 bits per heavy atom. The van der Waals surface area contributed by atoms with E-state index in [1.807, 2.05) is 0 Å². The summed E-state index contributed by atoms with van der Waals surface area (Å²) in [6.45, 7) is 0. The molecule has 1 aromatic carbocycles. The minimum absolute atomic E-state index is 0.140. The van der Waals surface area contributed by atoms with Gasteiger partial charge in [0.1, 0.15) is 0 Å². The molecule has 1 amide bonds. The fourth-order valence-electron chi connectivity index (χ4n) is 1.10. The second kappa shape index (κ2) is 4.80. The van der Waals surface area contributed by atoms with Gasteiger partial charge in [-0.1, -0.05) is 18.2 Å². The van der Waals surface area contributed by atoms with Gasteiger partial charge in [-0.2, -0.15) is 13.2 Å². The van der Waals surface area contributed by atoms with Gasteiger partial charge in [0.05, 0.1) is 5.56 Å². The summed E-state index contributed by atoms with van der Waals surface area (Å²) in [5, 5.41) is 8.17. The number of rotatable bonds is 2. The summed E-state index contributed by atoms with van der Waals surface area (Å²) in [6.07, 6.45) is -2.68. The van der Waals surface area contributed by atoms with Crippen LogP contribution in [0.25, 0.3) is 6.08 Å². The third-order valence-electron chi connectivity index (χ3n) is 1.79. The van der Waals surface area contributed by atoms with Crippen molar-refractivity contribution in [1.82, 2.24) is 5.48 Å². The number of hydrogen-bond donors (Lipinski definition) is 2. The number of carbonyl (C=O) groups is 1. The molecule has 0 bridgehead atoms. The molecule has 0 aliphatic rings.